The molecule has 0 N–H and O–H groups in total. The second kappa shape index (κ2) is 5.59. The number of aryl methyl sites for hydroxylation is 1. The molecule has 0 heterocycles. The number of hydrogen-bond acceptors (Lipinski definition) is 3. The molecule has 1 unspecified atom stereocenters. The number of carbonyl (C=O) groups is 2. The molecule has 4 heteroatoms. The summed E-state index contributed by atoms with van der Waals surface area (Å²) >= 11 is 6.33. The van der Waals surface area contributed by atoms with Crippen LogP contribution in [-0.4, -0.2) is 17.1 Å². The molecule has 3 aliphatic rings. The average Bonchev–Trinajstić information content (AvgIpc) is 2.77. The van der Waals surface area contributed by atoms with Gasteiger partial charge in [-0.25, -0.2) is 0 Å². The van der Waals surface area contributed by atoms with Crippen LogP contribution in [0.15, 0.2) is 18.2 Å². The highest BCUT2D eigenvalue weighted by Gasteiger charge is 2.57. The van der Waals surface area contributed by atoms with Gasteiger partial charge in [0.2, 0.25) is 0 Å². The zero-order chi connectivity index (χ0) is 17.1. The second-order valence-electron chi connectivity index (χ2n) is 7.89. The third-order valence-corrected chi connectivity index (χ3v) is 7.03. The van der Waals surface area contributed by atoms with Crippen LogP contribution in [0.1, 0.15) is 56.6 Å². The Morgan fingerprint density at radius 3 is 2.88 bits per heavy atom. The van der Waals surface area contributed by atoms with Crippen molar-refractivity contribution in [3.05, 3.63) is 29.3 Å². The Hall–Kier alpha value is -1.35. The minimum Gasteiger partial charge on any atom is -0.427 e. The topological polar surface area (TPSA) is 43.4 Å². The van der Waals surface area contributed by atoms with Gasteiger partial charge in [0.05, 0.1) is 5.38 Å². The van der Waals surface area contributed by atoms with E-state index in [1.54, 1.807) is 0 Å². The van der Waals surface area contributed by atoms with E-state index >= 15 is 0 Å². The van der Waals surface area contributed by atoms with Crippen LogP contribution in [0.2, 0.25) is 0 Å². The Kier molecular flexibility index (Phi) is 3.76. The molecule has 2 saturated carbocycles. The van der Waals surface area contributed by atoms with Gasteiger partial charge in [-0.15, -0.1) is 11.6 Å². The Balaban J connectivity index is 1.65. The highest BCUT2D eigenvalue weighted by atomic mass is 35.5. The lowest BCUT2D eigenvalue weighted by atomic mass is 9.55. The Bertz CT molecular complexity index is 713. The number of hydrogen-bond donors (Lipinski definition) is 0. The molecule has 3 nitrogen and oxygen atoms in total. The predicted molar refractivity (Wildman–Crippen MR) is 92.4 cm³/mol. The number of Topliss-reactive ketones (excluding diaryl/α,β-unsaturated/α-hetero) is 1. The van der Waals surface area contributed by atoms with Crippen LogP contribution in [0.4, 0.5) is 0 Å². The lowest BCUT2D eigenvalue weighted by Crippen LogP contribution is -2.42. The van der Waals surface area contributed by atoms with E-state index in [1.807, 2.05) is 12.1 Å². The van der Waals surface area contributed by atoms with Crippen LogP contribution in [0.25, 0.3) is 0 Å². The fourth-order valence-electron chi connectivity index (χ4n) is 5.54. The third-order valence-electron chi connectivity index (χ3n) is 6.66. The molecule has 0 aliphatic heterocycles. The molecule has 0 aromatic heterocycles. The number of ketones is 1. The summed E-state index contributed by atoms with van der Waals surface area (Å²) in [6.07, 6.45) is 4.90. The van der Waals surface area contributed by atoms with Crippen molar-refractivity contribution in [2.24, 2.45) is 17.3 Å². The zero-order valence-corrected chi connectivity index (χ0v) is 14.9. The normalized spacial score (nSPS) is 37.4. The van der Waals surface area contributed by atoms with E-state index in [1.165, 1.54) is 18.1 Å². The molecule has 1 aromatic rings. The van der Waals surface area contributed by atoms with Crippen molar-refractivity contribution in [1.29, 1.82) is 0 Å². The molecule has 3 aliphatic carbocycles. The summed E-state index contributed by atoms with van der Waals surface area (Å²) in [4.78, 5) is 23.7. The van der Waals surface area contributed by atoms with Gasteiger partial charge in [0.15, 0.2) is 5.78 Å². The largest absolute Gasteiger partial charge is 0.427 e. The standard InChI is InChI=1S/C20H23ClO3/c1-11(22)24-13-4-6-14-12(9-13)3-5-16-15(14)7-8-20(2)17(16)10-18(21)19(20)23/h4,6,9,15-18H,3,5,7-8,10H2,1-2H3/t15-,16-,17+,18?,20+/m1/s1. The number of ether oxygens (including phenoxy) is 1. The van der Waals surface area contributed by atoms with E-state index < -0.39 is 0 Å². The zero-order valence-electron chi connectivity index (χ0n) is 14.2. The van der Waals surface area contributed by atoms with Gasteiger partial charge >= 0.3 is 5.97 Å². The Labute approximate surface area is 147 Å². The molecular weight excluding hydrogens is 324 g/mol. The summed E-state index contributed by atoms with van der Waals surface area (Å²) in [6.45, 7) is 3.56. The number of rotatable bonds is 1. The quantitative estimate of drug-likeness (QED) is 0.433. The minimum absolute atomic E-state index is 0.219. The first kappa shape index (κ1) is 16.1. The minimum atomic E-state index is -0.300. The molecule has 1 aromatic carbocycles. The van der Waals surface area contributed by atoms with Crippen LogP contribution < -0.4 is 4.74 Å². The van der Waals surface area contributed by atoms with E-state index in [2.05, 4.69) is 13.0 Å². The number of esters is 1. The van der Waals surface area contributed by atoms with Crippen LogP contribution in [0, 0.1) is 17.3 Å². The molecule has 2 fully saturated rings. The highest BCUT2D eigenvalue weighted by Crippen LogP contribution is 2.60. The summed E-state index contributed by atoms with van der Waals surface area (Å²) in [6, 6.07) is 6.05. The molecule has 24 heavy (non-hydrogen) atoms. The lowest BCUT2D eigenvalue weighted by molar-refractivity contribution is -0.132. The maximum Gasteiger partial charge on any atom is 0.308 e. The van der Waals surface area contributed by atoms with Crippen molar-refractivity contribution in [3.63, 3.8) is 0 Å². The maximum absolute atomic E-state index is 12.5. The first-order chi connectivity index (χ1) is 11.4. The molecule has 0 bridgehead atoms. The SMILES string of the molecule is CC(=O)Oc1ccc2c(c1)CC[C@@H]1[C@@H]2CC[C@]2(C)C(=O)C(Cl)C[C@@H]12. The molecule has 4 rings (SSSR count). The Morgan fingerprint density at radius 2 is 2.12 bits per heavy atom. The van der Waals surface area contributed by atoms with E-state index in [0.717, 1.165) is 32.1 Å². The van der Waals surface area contributed by atoms with Crippen molar-refractivity contribution in [2.75, 3.05) is 0 Å². The van der Waals surface area contributed by atoms with Gasteiger partial charge in [0.25, 0.3) is 0 Å². The summed E-state index contributed by atoms with van der Waals surface area (Å²) < 4.78 is 5.23. The number of halogens is 1. The lowest BCUT2D eigenvalue weighted by Gasteiger charge is -2.48. The van der Waals surface area contributed by atoms with Gasteiger partial charge < -0.3 is 4.74 Å². The van der Waals surface area contributed by atoms with Crippen molar-refractivity contribution in [3.8, 4) is 5.75 Å². The molecular formula is C20H23ClO3. The predicted octanol–water partition coefficient (Wildman–Crippen LogP) is 4.25. The Morgan fingerprint density at radius 1 is 1.33 bits per heavy atom. The van der Waals surface area contributed by atoms with E-state index in [9.17, 15) is 9.59 Å². The average molecular weight is 347 g/mol. The van der Waals surface area contributed by atoms with Gasteiger partial charge in [-0.3, -0.25) is 9.59 Å². The summed E-state index contributed by atoms with van der Waals surface area (Å²) in [5, 5.41) is -0.300. The molecule has 0 amide bonds. The highest BCUT2D eigenvalue weighted by molar-refractivity contribution is 6.32. The van der Waals surface area contributed by atoms with Crippen LogP contribution in [0.3, 0.4) is 0 Å². The summed E-state index contributed by atoms with van der Waals surface area (Å²) in [5.74, 6) is 2.08. The molecule has 0 radical (unpaired) electrons. The number of alkyl halides is 1. The number of benzene rings is 1. The van der Waals surface area contributed by atoms with Crippen molar-refractivity contribution in [2.45, 2.75) is 57.2 Å². The van der Waals surface area contributed by atoms with Crippen LogP contribution in [-0.2, 0) is 16.0 Å². The molecule has 128 valence electrons. The second-order valence-corrected chi connectivity index (χ2v) is 8.42. The molecule has 0 saturated heterocycles. The van der Waals surface area contributed by atoms with Crippen molar-refractivity contribution >= 4 is 23.4 Å². The number of carbonyl (C=O) groups excluding carboxylic acids is 2. The summed E-state index contributed by atoms with van der Waals surface area (Å²) in [5.41, 5.74) is 2.46. The van der Waals surface area contributed by atoms with E-state index in [0.29, 0.717) is 23.5 Å². The van der Waals surface area contributed by atoms with Crippen molar-refractivity contribution < 1.29 is 14.3 Å². The van der Waals surface area contributed by atoms with Gasteiger partial charge in [-0.1, -0.05) is 13.0 Å². The van der Waals surface area contributed by atoms with Gasteiger partial charge in [0, 0.05) is 12.3 Å². The maximum atomic E-state index is 12.5. The first-order valence-electron chi connectivity index (χ1n) is 8.90. The molecule has 0 spiro atoms. The fourth-order valence-corrected chi connectivity index (χ4v) is 5.98. The fraction of sp³-hybridized carbons (Fsp3) is 0.600. The van der Waals surface area contributed by atoms with Gasteiger partial charge in [0.1, 0.15) is 5.75 Å². The smallest absolute Gasteiger partial charge is 0.308 e. The van der Waals surface area contributed by atoms with E-state index in [-0.39, 0.29) is 22.5 Å². The number of fused-ring (bicyclic) bond motifs is 5. The van der Waals surface area contributed by atoms with Gasteiger partial charge in [-0.2, -0.15) is 0 Å². The van der Waals surface area contributed by atoms with Crippen LogP contribution >= 0.6 is 11.6 Å². The van der Waals surface area contributed by atoms with Gasteiger partial charge in [-0.05, 0) is 73.1 Å². The van der Waals surface area contributed by atoms with E-state index in [4.69, 9.17) is 16.3 Å². The first-order valence-corrected chi connectivity index (χ1v) is 9.33. The van der Waals surface area contributed by atoms with Crippen molar-refractivity contribution in [1.82, 2.24) is 0 Å². The molecule has 5 atom stereocenters. The monoisotopic (exact) mass is 346 g/mol. The van der Waals surface area contributed by atoms with Crippen LogP contribution in [0.5, 0.6) is 5.75 Å². The summed E-state index contributed by atoms with van der Waals surface area (Å²) in [7, 11) is 0. The third kappa shape index (κ3) is 2.32.